The van der Waals surface area contributed by atoms with Crippen LogP contribution in [-0.4, -0.2) is 31.9 Å². The molecule has 0 saturated carbocycles. The van der Waals surface area contributed by atoms with Gasteiger partial charge < -0.3 is 10.4 Å². The number of rotatable bonds is 6. The molecular weight excluding hydrogens is 328 g/mol. The second-order valence-corrected chi connectivity index (χ2v) is 6.68. The van der Waals surface area contributed by atoms with E-state index in [1.54, 1.807) is 16.8 Å². The van der Waals surface area contributed by atoms with Crippen LogP contribution >= 0.6 is 11.3 Å². The van der Waals surface area contributed by atoms with Gasteiger partial charge in [-0.1, -0.05) is 0 Å². The highest BCUT2D eigenvalue weighted by Crippen LogP contribution is 2.18. The topological polar surface area (TPSA) is 113 Å². The van der Waals surface area contributed by atoms with E-state index >= 15 is 0 Å². The lowest BCUT2D eigenvalue weighted by Gasteiger charge is -2.07. The van der Waals surface area contributed by atoms with Crippen LogP contribution in [-0.2, 0) is 14.8 Å². The third-order valence-electron chi connectivity index (χ3n) is 2.60. The van der Waals surface area contributed by atoms with Crippen molar-refractivity contribution in [3.05, 3.63) is 46.7 Å². The van der Waals surface area contributed by atoms with Crippen LogP contribution in [0, 0.1) is 0 Å². The number of thiophene rings is 1. The molecule has 0 aliphatic carbocycles. The number of hydrogen-bond acceptors (Lipinski definition) is 5. The van der Waals surface area contributed by atoms with Gasteiger partial charge >= 0.3 is 5.97 Å². The summed E-state index contributed by atoms with van der Waals surface area (Å²) in [4.78, 5) is 22.0. The molecule has 1 heterocycles. The number of carboxylic acid groups (broad SMARTS) is 1. The summed E-state index contributed by atoms with van der Waals surface area (Å²) in [7, 11) is -3.72. The van der Waals surface area contributed by atoms with E-state index in [0.717, 1.165) is 0 Å². The van der Waals surface area contributed by atoms with Crippen molar-refractivity contribution in [2.45, 2.75) is 4.90 Å². The molecule has 0 saturated heterocycles. The molecule has 0 atom stereocenters. The van der Waals surface area contributed by atoms with Crippen molar-refractivity contribution in [1.29, 1.82) is 0 Å². The maximum Gasteiger partial charge on any atom is 0.322 e. The van der Waals surface area contributed by atoms with Crippen LogP contribution in [0.1, 0.15) is 10.4 Å². The number of aliphatic carboxylic acids is 1. The van der Waals surface area contributed by atoms with Gasteiger partial charge in [0.2, 0.25) is 0 Å². The van der Waals surface area contributed by atoms with Crippen LogP contribution in [0.15, 0.2) is 46.0 Å². The molecule has 116 valence electrons. The minimum Gasteiger partial charge on any atom is -0.480 e. The lowest BCUT2D eigenvalue weighted by atomic mass is 10.2. The Balaban J connectivity index is 2.11. The maximum atomic E-state index is 12.1. The number of benzene rings is 1. The number of nitrogens with one attached hydrogen (secondary N) is 2. The van der Waals surface area contributed by atoms with Gasteiger partial charge in [0.05, 0.1) is 10.6 Å². The minimum atomic E-state index is -3.72. The number of anilines is 1. The predicted octanol–water partition coefficient (Wildman–Crippen LogP) is 1.36. The third kappa shape index (κ3) is 4.06. The van der Waals surface area contributed by atoms with Gasteiger partial charge in [0.25, 0.3) is 15.9 Å². The summed E-state index contributed by atoms with van der Waals surface area (Å²) in [6.07, 6.45) is 0. The molecule has 0 aliphatic rings. The summed E-state index contributed by atoms with van der Waals surface area (Å²) < 4.78 is 26.6. The highest BCUT2D eigenvalue weighted by molar-refractivity contribution is 7.92. The standard InChI is InChI=1S/C13H12N2O5S2/c16-12(17)7-14-13(18)9-1-3-11(4-2-9)22(19,20)15-10-5-6-21-8-10/h1-6,8,15H,7H2,(H,14,18)(H,16,17). The monoisotopic (exact) mass is 340 g/mol. The average molecular weight is 340 g/mol. The molecule has 0 bridgehead atoms. The van der Waals surface area contributed by atoms with E-state index in [1.165, 1.54) is 35.6 Å². The Bertz CT molecular complexity index is 767. The van der Waals surface area contributed by atoms with Crippen LogP contribution in [0.2, 0.25) is 0 Å². The molecule has 9 heteroatoms. The van der Waals surface area contributed by atoms with Crippen LogP contribution in [0.3, 0.4) is 0 Å². The molecular formula is C13H12N2O5S2. The summed E-state index contributed by atoms with van der Waals surface area (Å²) in [5, 5.41) is 14.1. The van der Waals surface area contributed by atoms with Crippen molar-refractivity contribution >= 4 is 38.9 Å². The number of carbonyl (C=O) groups is 2. The number of carboxylic acids is 1. The second kappa shape index (κ2) is 6.58. The molecule has 0 aliphatic heterocycles. The summed E-state index contributed by atoms with van der Waals surface area (Å²) in [5.41, 5.74) is 0.643. The van der Waals surface area contributed by atoms with Crippen molar-refractivity contribution in [3.63, 3.8) is 0 Å². The van der Waals surface area contributed by atoms with Gasteiger partial charge in [0.1, 0.15) is 6.54 Å². The minimum absolute atomic E-state index is 0.00786. The molecule has 0 unspecified atom stereocenters. The number of amides is 1. The smallest absolute Gasteiger partial charge is 0.322 e. The molecule has 3 N–H and O–H groups in total. The molecule has 0 fully saturated rings. The first-order chi connectivity index (χ1) is 10.4. The van der Waals surface area contributed by atoms with Gasteiger partial charge in [-0.3, -0.25) is 14.3 Å². The Hall–Kier alpha value is -2.39. The molecule has 7 nitrogen and oxygen atoms in total. The Kier molecular flexibility index (Phi) is 4.78. The molecule has 1 amide bonds. The molecule has 0 spiro atoms. The zero-order valence-electron chi connectivity index (χ0n) is 11.1. The Morgan fingerprint density at radius 2 is 1.82 bits per heavy atom. The van der Waals surface area contributed by atoms with Gasteiger partial charge in [-0.05, 0) is 35.7 Å². The Morgan fingerprint density at radius 3 is 2.36 bits per heavy atom. The zero-order chi connectivity index (χ0) is 16.2. The van der Waals surface area contributed by atoms with Crippen molar-refractivity contribution in [3.8, 4) is 0 Å². The molecule has 2 aromatic rings. The van der Waals surface area contributed by atoms with E-state index in [4.69, 9.17) is 5.11 Å². The highest BCUT2D eigenvalue weighted by atomic mass is 32.2. The van der Waals surface area contributed by atoms with Crippen molar-refractivity contribution < 1.29 is 23.1 Å². The SMILES string of the molecule is O=C(O)CNC(=O)c1ccc(S(=O)(=O)Nc2ccsc2)cc1. The van der Waals surface area contributed by atoms with Crippen LogP contribution < -0.4 is 10.0 Å². The van der Waals surface area contributed by atoms with E-state index in [0.29, 0.717) is 5.69 Å². The van der Waals surface area contributed by atoms with Crippen molar-refractivity contribution in [2.75, 3.05) is 11.3 Å². The van der Waals surface area contributed by atoms with Crippen LogP contribution in [0.4, 0.5) is 5.69 Å². The predicted molar refractivity (Wildman–Crippen MR) is 81.5 cm³/mol. The fraction of sp³-hybridized carbons (Fsp3) is 0.0769. The van der Waals surface area contributed by atoms with Crippen molar-refractivity contribution in [1.82, 2.24) is 5.32 Å². The van der Waals surface area contributed by atoms with Gasteiger partial charge in [-0.15, -0.1) is 0 Å². The summed E-state index contributed by atoms with van der Waals surface area (Å²) in [5.74, 6) is -1.75. The van der Waals surface area contributed by atoms with Gasteiger partial charge in [-0.2, -0.15) is 11.3 Å². The molecule has 1 aromatic carbocycles. The van der Waals surface area contributed by atoms with E-state index in [-0.39, 0.29) is 10.5 Å². The summed E-state index contributed by atoms with van der Waals surface area (Å²) in [6, 6.07) is 6.84. The van der Waals surface area contributed by atoms with Crippen LogP contribution in [0.25, 0.3) is 0 Å². The van der Waals surface area contributed by atoms with Crippen molar-refractivity contribution in [2.24, 2.45) is 0 Å². The van der Waals surface area contributed by atoms with E-state index in [9.17, 15) is 18.0 Å². The normalized spacial score (nSPS) is 10.9. The van der Waals surface area contributed by atoms with Gasteiger partial charge in [-0.25, -0.2) is 8.42 Å². The Labute approximate surface area is 130 Å². The number of sulfonamides is 1. The first-order valence-corrected chi connectivity index (χ1v) is 8.46. The summed E-state index contributed by atoms with van der Waals surface area (Å²) in [6.45, 7) is -0.501. The largest absolute Gasteiger partial charge is 0.480 e. The number of hydrogen-bond donors (Lipinski definition) is 3. The second-order valence-electron chi connectivity index (χ2n) is 4.22. The quantitative estimate of drug-likeness (QED) is 0.735. The third-order valence-corrected chi connectivity index (χ3v) is 4.68. The fourth-order valence-electron chi connectivity index (χ4n) is 1.58. The Morgan fingerprint density at radius 1 is 1.14 bits per heavy atom. The maximum absolute atomic E-state index is 12.1. The highest BCUT2D eigenvalue weighted by Gasteiger charge is 2.15. The first kappa shape index (κ1) is 16.0. The molecule has 1 aromatic heterocycles. The van der Waals surface area contributed by atoms with Gasteiger partial charge in [0, 0.05) is 10.9 Å². The first-order valence-electron chi connectivity index (χ1n) is 6.03. The fourth-order valence-corrected chi connectivity index (χ4v) is 3.29. The van der Waals surface area contributed by atoms with E-state index in [1.807, 2.05) is 0 Å². The van der Waals surface area contributed by atoms with Gasteiger partial charge in [0.15, 0.2) is 0 Å². The molecule has 0 radical (unpaired) electrons. The lowest BCUT2D eigenvalue weighted by Crippen LogP contribution is -2.29. The molecule has 22 heavy (non-hydrogen) atoms. The van der Waals surface area contributed by atoms with Crippen LogP contribution in [0.5, 0.6) is 0 Å². The zero-order valence-corrected chi connectivity index (χ0v) is 12.8. The number of carbonyl (C=O) groups excluding carboxylic acids is 1. The molecule has 2 rings (SSSR count). The summed E-state index contributed by atoms with van der Waals surface area (Å²) >= 11 is 1.36. The van der Waals surface area contributed by atoms with E-state index < -0.39 is 28.4 Å². The average Bonchev–Trinajstić information content (AvgIpc) is 2.97. The van der Waals surface area contributed by atoms with E-state index in [2.05, 4.69) is 10.0 Å². The lowest BCUT2D eigenvalue weighted by molar-refractivity contribution is -0.135.